The van der Waals surface area contributed by atoms with Crippen LogP contribution >= 0.6 is 0 Å². The number of carbonyl (C=O) groups is 1. The molecule has 0 aliphatic rings. The summed E-state index contributed by atoms with van der Waals surface area (Å²) in [5.41, 5.74) is 3.28. The van der Waals surface area contributed by atoms with Crippen LogP contribution in [0, 0.1) is 22.9 Å². The number of nitrogens with one attached hydrogen (secondary N) is 1. The van der Waals surface area contributed by atoms with E-state index in [0.29, 0.717) is 22.6 Å². The zero-order valence-corrected chi connectivity index (χ0v) is 20.5. The number of halogens is 1. The fourth-order valence-corrected chi connectivity index (χ4v) is 4.65. The summed E-state index contributed by atoms with van der Waals surface area (Å²) >= 11 is 0. The Morgan fingerprint density at radius 2 is 1.75 bits per heavy atom. The number of carbonyl (C=O) groups excluding carboxylic acids is 1. The minimum absolute atomic E-state index is 0.133. The summed E-state index contributed by atoms with van der Waals surface area (Å²) in [6.07, 6.45) is 0. The van der Waals surface area contributed by atoms with Crippen LogP contribution in [0.5, 0.6) is 5.75 Å². The Morgan fingerprint density at radius 3 is 2.33 bits per heavy atom. The minimum Gasteiger partial charge on any atom is -0.497 e. The van der Waals surface area contributed by atoms with E-state index in [4.69, 9.17) is 4.74 Å². The number of amides is 1. The van der Waals surface area contributed by atoms with Gasteiger partial charge in [-0.15, -0.1) is 0 Å². The number of nitro groups is 1. The Labute approximate surface area is 207 Å². The summed E-state index contributed by atoms with van der Waals surface area (Å²) in [5, 5.41) is 15.3. The van der Waals surface area contributed by atoms with Crippen molar-refractivity contribution in [2.24, 2.45) is 5.10 Å². The third-order valence-corrected chi connectivity index (χ3v) is 6.99. The van der Waals surface area contributed by atoms with Crippen molar-refractivity contribution in [1.82, 2.24) is 5.43 Å². The highest BCUT2D eigenvalue weighted by Gasteiger charge is 2.29. The molecule has 3 rings (SSSR count). The number of nitrogens with zero attached hydrogens (tertiary/aromatic N) is 3. The third kappa shape index (κ3) is 6.02. The van der Waals surface area contributed by atoms with Gasteiger partial charge in [0, 0.05) is 11.6 Å². The normalized spacial score (nSPS) is 11.6. The highest BCUT2D eigenvalue weighted by atomic mass is 32.2. The van der Waals surface area contributed by atoms with Gasteiger partial charge in [0.2, 0.25) is 0 Å². The average molecular weight is 515 g/mol. The van der Waals surface area contributed by atoms with Gasteiger partial charge in [-0.05, 0) is 61.9 Å². The average Bonchev–Trinajstić information content (AvgIpc) is 2.86. The van der Waals surface area contributed by atoms with Gasteiger partial charge in [-0.25, -0.2) is 18.2 Å². The molecular formula is C24H23FN4O6S. The summed E-state index contributed by atoms with van der Waals surface area (Å²) < 4.78 is 46.1. The largest absolute Gasteiger partial charge is 0.497 e. The van der Waals surface area contributed by atoms with E-state index in [2.05, 4.69) is 10.5 Å². The predicted molar refractivity (Wildman–Crippen MR) is 132 cm³/mol. The van der Waals surface area contributed by atoms with Crippen LogP contribution in [0.25, 0.3) is 0 Å². The molecule has 3 aromatic carbocycles. The molecule has 0 radical (unpaired) electrons. The number of ether oxygens (including phenoxy) is 1. The quantitative estimate of drug-likeness (QED) is 0.263. The van der Waals surface area contributed by atoms with Crippen molar-refractivity contribution in [2.45, 2.75) is 18.7 Å². The van der Waals surface area contributed by atoms with E-state index in [9.17, 15) is 27.7 Å². The van der Waals surface area contributed by atoms with Gasteiger partial charge in [-0.3, -0.25) is 19.2 Å². The van der Waals surface area contributed by atoms with Crippen molar-refractivity contribution in [3.8, 4) is 5.75 Å². The van der Waals surface area contributed by atoms with Crippen LogP contribution in [-0.2, 0) is 14.8 Å². The summed E-state index contributed by atoms with van der Waals surface area (Å²) in [6.45, 7) is 2.41. The lowest BCUT2D eigenvalue weighted by Gasteiger charge is -2.24. The molecule has 0 aliphatic heterocycles. The first kappa shape index (κ1) is 26.3. The monoisotopic (exact) mass is 514 g/mol. The van der Waals surface area contributed by atoms with Gasteiger partial charge in [0.25, 0.3) is 21.6 Å². The lowest BCUT2D eigenvalue weighted by molar-refractivity contribution is -0.385. The van der Waals surface area contributed by atoms with E-state index in [1.165, 1.54) is 74.7 Å². The van der Waals surface area contributed by atoms with Crippen LogP contribution in [0.3, 0.4) is 0 Å². The van der Waals surface area contributed by atoms with Crippen LogP contribution < -0.4 is 14.5 Å². The number of anilines is 1. The van der Waals surface area contributed by atoms with Gasteiger partial charge < -0.3 is 4.74 Å². The van der Waals surface area contributed by atoms with Crippen LogP contribution in [0.2, 0.25) is 0 Å². The van der Waals surface area contributed by atoms with Crippen LogP contribution in [0.15, 0.2) is 76.7 Å². The fraction of sp³-hybridized carbons (Fsp3) is 0.167. The molecule has 0 unspecified atom stereocenters. The molecule has 36 heavy (non-hydrogen) atoms. The molecule has 1 amide bonds. The Morgan fingerprint density at radius 1 is 1.11 bits per heavy atom. The number of aryl methyl sites for hydroxylation is 1. The molecule has 12 heteroatoms. The molecule has 0 spiro atoms. The second-order valence-electron chi connectivity index (χ2n) is 7.65. The second-order valence-corrected chi connectivity index (χ2v) is 9.52. The van der Waals surface area contributed by atoms with Gasteiger partial charge >= 0.3 is 0 Å². The van der Waals surface area contributed by atoms with Crippen molar-refractivity contribution >= 4 is 33.0 Å². The summed E-state index contributed by atoms with van der Waals surface area (Å²) in [7, 11) is -2.95. The standard InChI is InChI=1S/C24H23FN4O6S/c1-16-4-13-22(14-23(16)29(31)32)36(33,34)28(20-9-11-21(35-3)12-10-20)15-24(30)27-26-17(2)18-5-7-19(25)8-6-18/h4-14H,15H2,1-3H3,(H,27,30)/b26-17-. The smallest absolute Gasteiger partial charge is 0.273 e. The third-order valence-electron chi connectivity index (χ3n) is 5.22. The van der Waals surface area contributed by atoms with Crippen molar-refractivity contribution in [3.05, 3.63) is 93.8 Å². The summed E-state index contributed by atoms with van der Waals surface area (Å²) in [4.78, 5) is 23.1. The molecule has 0 heterocycles. The first-order chi connectivity index (χ1) is 17.0. The molecule has 0 aliphatic carbocycles. The van der Waals surface area contributed by atoms with Crippen LogP contribution in [-0.4, -0.2) is 38.6 Å². The molecule has 0 fully saturated rings. The number of benzene rings is 3. The van der Waals surface area contributed by atoms with Crippen molar-refractivity contribution in [1.29, 1.82) is 0 Å². The zero-order valence-electron chi connectivity index (χ0n) is 19.6. The Bertz CT molecular complexity index is 1410. The number of methoxy groups -OCH3 is 1. The Kier molecular flexibility index (Phi) is 8.00. The molecule has 0 atom stereocenters. The molecular weight excluding hydrogens is 491 g/mol. The van der Waals surface area contributed by atoms with E-state index in [1.54, 1.807) is 6.92 Å². The minimum atomic E-state index is -4.40. The molecule has 0 bridgehead atoms. The van der Waals surface area contributed by atoms with Crippen molar-refractivity contribution < 1.29 is 27.3 Å². The molecule has 0 saturated carbocycles. The molecule has 188 valence electrons. The lowest BCUT2D eigenvalue weighted by atomic mass is 10.1. The number of rotatable bonds is 9. The Balaban J connectivity index is 1.94. The van der Waals surface area contributed by atoms with Gasteiger partial charge in [0.15, 0.2) is 0 Å². The molecule has 10 nitrogen and oxygen atoms in total. The van der Waals surface area contributed by atoms with Crippen molar-refractivity contribution in [2.75, 3.05) is 18.0 Å². The van der Waals surface area contributed by atoms with Gasteiger partial charge in [0.1, 0.15) is 18.1 Å². The van der Waals surface area contributed by atoms with E-state index in [-0.39, 0.29) is 16.3 Å². The topological polar surface area (TPSA) is 131 Å². The van der Waals surface area contributed by atoms with E-state index in [0.717, 1.165) is 10.4 Å². The molecule has 1 N–H and O–H groups in total. The van der Waals surface area contributed by atoms with E-state index in [1.807, 2.05) is 0 Å². The first-order valence-corrected chi connectivity index (χ1v) is 12.0. The van der Waals surface area contributed by atoms with Crippen LogP contribution in [0.1, 0.15) is 18.1 Å². The second kappa shape index (κ2) is 11.0. The highest BCUT2D eigenvalue weighted by molar-refractivity contribution is 7.92. The first-order valence-electron chi connectivity index (χ1n) is 10.5. The van der Waals surface area contributed by atoms with E-state index >= 15 is 0 Å². The number of nitro benzene ring substituents is 1. The molecule has 3 aromatic rings. The number of hydrazone groups is 1. The number of sulfonamides is 1. The van der Waals surface area contributed by atoms with Gasteiger partial charge in [-0.1, -0.05) is 18.2 Å². The lowest BCUT2D eigenvalue weighted by Crippen LogP contribution is -2.39. The maximum atomic E-state index is 13.5. The van der Waals surface area contributed by atoms with E-state index < -0.39 is 33.2 Å². The summed E-state index contributed by atoms with van der Waals surface area (Å²) in [5.74, 6) is -0.726. The molecule has 0 aromatic heterocycles. The number of hydrogen-bond acceptors (Lipinski definition) is 7. The van der Waals surface area contributed by atoms with Crippen molar-refractivity contribution in [3.63, 3.8) is 0 Å². The highest BCUT2D eigenvalue weighted by Crippen LogP contribution is 2.29. The summed E-state index contributed by atoms with van der Waals surface area (Å²) in [6, 6.07) is 14.9. The SMILES string of the molecule is COc1ccc(N(CC(=O)N/N=C(/C)c2ccc(F)cc2)S(=O)(=O)c2ccc(C)c([N+](=O)[O-])c2)cc1. The molecule has 0 saturated heterocycles. The maximum Gasteiger partial charge on any atom is 0.273 e. The number of hydrogen-bond donors (Lipinski definition) is 1. The fourth-order valence-electron chi connectivity index (χ4n) is 3.20. The van der Waals surface area contributed by atoms with Gasteiger partial charge in [-0.2, -0.15) is 5.10 Å². The predicted octanol–water partition coefficient (Wildman–Crippen LogP) is 3.79. The zero-order chi connectivity index (χ0) is 26.5. The van der Waals surface area contributed by atoms with Gasteiger partial charge in [0.05, 0.1) is 28.3 Å². The Hall–Kier alpha value is -4.32. The van der Waals surface area contributed by atoms with Crippen LogP contribution in [0.4, 0.5) is 15.8 Å². The maximum absolute atomic E-state index is 13.5.